The number of benzene rings is 2. The van der Waals surface area contributed by atoms with Crippen LogP contribution >= 0.6 is 0 Å². The molecule has 0 radical (unpaired) electrons. The van der Waals surface area contributed by atoms with Gasteiger partial charge in [-0.25, -0.2) is 4.68 Å². The Morgan fingerprint density at radius 1 is 1.05 bits per heavy atom. The summed E-state index contributed by atoms with van der Waals surface area (Å²) in [6.45, 7) is 8.82. The second-order valence-electron chi connectivity index (χ2n) is 10.2. The fourth-order valence-corrected chi connectivity index (χ4v) is 5.59. The maximum Gasteiger partial charge on any atom is 0.253 e. The van der Waals surface area contributed by atoms with E-state index in [0.717, 1.165) is 62.1 Å². The van der Waals surface area contributed by atoms with Crippen molar-refractivity contribution in [2.45, 2.75) is 45.4 Å². The van der Waals surface area contributed by atoms with Crippen LogP contribution in [0.15, 0.2) is 53.3 Å². The molecule has 2 atom stereocenters. The van der Waals surface area contributed by atoms with Gasteiger partial charge in [-0.3, -0.25) is 9.69 Å². The molecule has 2 aliphatic rings. The number of para-hydroxylation sites is 1. The summed E-state index contributed by atoms with van der Waals surface area (Å²) in [7, 11) is 0. The molecular formula is C28H33N7O2. The monoisotopic (exact) mass is 499 g/mol. The number of aryl methyl sites for hydroxylation is 2. The summed E-state index contributed by atoms with van der Waals surface area (Å²) >= 11 is 0. The second-order valence-corrected chi connectivity index (χ2v) is 10.2. The second kappa shape index (κ2) is 10.1. The van der Waals surface area contributed by atoms with E-state index in [1.54, 1.807) is 0 Å². The van der Waals surface area contributed by atoms with Gasteiger partial charge in [0.2, 0.25) is 0 Å². The molecule has 4 aromatic rings. The van der Waals surface area contributed by atoms with Gasteiger partial charge in [0.1, 0.15) is 6.04 Å². The average Bonchev–Trinajstić information content (AvgIpc) is 3.60. The first-order valence-corrected chi connectivity index (χ1v) is 13.1. The molecule has 0 saturated carbocycles. The molecule has 0 spiro atoms. The van der Waals surface area contributed by atoms with Gasteiger partial charge >= 0.3 is 0 Å². The lowest BCUT2D eigenvalue weighted by atomic mass is 10.00. The number of aromatic nitrogens is 5. The molecule has 2 fully saturated rings. The lowest BCUT2D eigenvalue weighted by Gasteiger charge is -2.39. The van der Waals surface area contributed by atoms with Gasteiger partial charge in [0.15, 0.2) is 5.82 Å². The lowest BCUT2D eigenvalue weighted by molar-refractivity contribution is 0.0906. The van der Waals surface area contributed by atoms with Gasteiger partial charge in [-0.15, -0.1) is 5.10 Å². The molecule has 37 heavy (non-hydrogen) atoms. The van der Waals surface area contributed by atoms with Crippen molar-refractivity contribution < 1.29 is 4.74 Å². The van der Waals surface area contributed by atoms with Crippen LogP contribution in [-0.2, 0) is 11.3 Å². The summed E-state index contributed by atoms with van der Waals surface area (Å²) in [5, 5.41) is 13.9. The summed E-state index contributed by atoms with van der Waals surface area (Å²) in [6.07, 6.45) is 2.14. The van der Waals surface area contributed by atoms with Crippen LogP contribution in [0.3, 0.4) is 0 Å². The molecule has 2 aromatic heterocycles. The molecule has 2 aliphatic heterocycles. The molecule has 0 aliphatic carbocycles. The highest BCUT2D eigenvalue weighted by atomic mass is 16.5. The zero-order valence-corrected chi connectivity index (χ0v) is 21.4. The van der Waals surface area contributed by atoms with E-state index in [-0.39, 0.29) is 17.7 Å². The van der Waals surface area contributed by atoms with E-state index in [0.29, 0.717) is 17.9 Å². The van der Waals surface area contributed by atoms with Crippen molar-refractivity contribution in [1.29, 1.82) is 0 Å². The van der Waals surface area contributed by atoms with Gasteiger partial charge < -0.3 is 14.6 Å². The number of H-pyrrole nitrogens is 1. The first-order chi connectivity index (χ1) is 18.1. The molecule has 2 saturated heterocycles. The Labute approximate surface area is 216 Å². The fourth-order valence-electron chi connectivity index (χ4n) is 5.59. The minimum atomic E-state index is -0.357. The van der Waals surface area contributed by atoms with Gasteiger partial charge in [0.05, 0.1) is 12.6 Å². The molecule has 6 rings (SSSR count). The van der Waals surface area contributed by atoms with E-state index in [4.69, 9.17) is 4.74 Å². The van der Waals surface area contributed by atoms with Crippen LogP contribution in [0, 0.1) is 13.8 Å². The zero-order valence-electron chi connectivity index (χ0n) is 21.4. The highest BCUT2D eigenvalue weighted by Gasteiger charge is 2.33. The van der Waals surface area contributed by atoms with E-state index in [2.05, 4.69) is 74.5 Å². The Bertz CT molecular complexity index is 1430. The Morgan fingerprint density at radius 2 is 1.84 bits per heavy atom. The summed E-state index contributed by atoms with van der Waals surface area (Å²) in [5.74, 6) is 0.692. The number of aromatic amines is 1. The quantitative estimate of drug-likeness (QED) is 0.435. The molecule has 2 aromatic carbocycles. The molecule has 9 nitrogen and oxygen atoms in total. The van der Waals surface area contributed by atoms with Crippen molar-refractivity contribution in [1.82, 2.24) is 30.1 Å². The highest BCUT2D eigenvalue weighted by Crippen LogP contribution is 2.30. The number of piperazine rings is 1. The fraction of sp³-hybridized carbons (Fsp3) is 0.429. The lowest BCUT2D eigenvalue weighted by Crippen LogP contribution is -2.49. The smallest absolute Gasteiger partial charge is 0.253 e. The van der Waals surface area contributed by atoms with Crippen LogP contribution in [0.25, 0.3) is 10.9 Å². The van der Waals surface area contributed by atoms with Gasteiger partial charge in [-0.1, -0.05) is 18.2 Å². The van der Waals surface area contributed by atoms with Crippen LogP contribution < -0.4 is 10.5 Å². The number of ether oxygens (including phenoxy) is 1. The predicted octanol–water partition coefficient (Wildman–Crippen LogP) is 3.22. The van der Waals surface area contributed by atoms with Gasteiger partial charge in [0.25, 0.3) is 5.56 Å². The normalized spacial score (nSPS) is 19.5. The SMILES string of the molecule is Cc1cc2cc([C@@H](c3nnnn3C[C@H]3CCCO3)N3CCN(c4ccccc4)CC3)c(=O)[nH]c2cc1C. The Morgan fingerprint density at radius 3 is 2.59 bits per heavy atom. The third-order valence-electron chi connectivity index (χ3n) is 7.79. The number of tetrazole rings is 1. The van der Waals surface area contributed by atoms with E-state index in [9.17, 15) is 4.79 Å². The van der Waals surface area contributed by atoms with E-state index >= 15 is 0 Å². The summed E-state index contributed by atoms with van der Waals surface area (Å²) in [6, 6.07) is 16.3. The number of hydrogen-bond acceptors (Lipinski definition) is 7. The van der Waals surface area contributed by atoms with Gasteiger partial charge in [0, 0.05) is 49.6 Å². The molecule has 0 unspecified atom stereocenters. The largest absolute Gasteiger partial charge is 0.376 e. The molecular weight excluding hydrogens is 466 g/mol. The number of fused-ring (bicyclic) bond motifs is 1. The predicted molar refractivity (Wildman–Crippen MR) is 143 cm³/mol. The van der Waals surface area contributed by atoms with Crippen LogP contribution in [0.1, 0.15) is 41.4 Å². The molecule has 4 heterocycles. The van der Waals surface area contributed by atoms with Crippen molar-refractivity contribution in [3.8, 4) is 0 Å². The van der Waals surface area contributed by atoms with Crippen LogP contribution in [0.4, 0.5) is 5.69 Å². The number of pyridine rings is 1. The van der Waals surface area contributed by atoms with Crippen molar-refractivity contribution in [3.63, 3.8) is 0 Å². The van der Waals surface area contributed by atoms with Crippen molar-refractivity contribution >= 4 is 16.6 Å². The first kappa shape index (κ1) is 23.8. The third kappa shape index (κ3) is 4.76. The summed E-state index contributed by atoms with van der Waals surface area (Å²) in [4.78, 5) is 21.4. The minimum Gasteiger partial charge on any atom is -0.376 e. The number of rotatable bonds is 6. The number of nitrogens with zero attached hydrogens (tertiary/aromatic N) is 6. The Hall–Kier alpha value is -3.56. The number of nitrogens with one attached hydrogen (secondary N) is 1. The van der Waals surface area contributed by atoms with Crippen molar-refractivity contribution in [2.75, 3.05) is 37.7 Å². The highest BCUT2D eigenvalue weighted by molar-refractivity contribution is 5.81. The molecule has 9 heteroatoms. The third-order valence-corrected chi connectivity index (χ3v) is 7.79. The maximum atomic E-state index is 13.6. The van der Waals surface area contributed by atoms with E-state index in [1.165, 1.54) is 11.3 Å². The Kier molecular flexibility index (Phi) is 6.48. The molecule has 0 amide bonds. The molecule has 1 N–H and O–H groups in total. The minimum absolute atomic E-state index is 0.0957. The van der Waals surface area contributed by atoms with E-state index in [1.807, 2.05) is 22.9 Å². The zero-order chi connectivity index (χ0) is 25.4. The topological polar surface area (TPSA) is 92.2 Å². The maximum absolute atomic E-state index is 13.6. The first-order valence-electron chi connectivity index (χ1n) is 13.1. The van der Waals surface area contributed by atoms with Crippen LogP contribution in [-0.4, -0.2) is 69.0 Å². The van der Waals surface area contributed by atoms with Crippen molar-refractivity contribution in [2.24, 2.45) is 0 Å². The summed E-state index contributed by atoms with van der Waals surface area (Å²) in [5.41, 5.74) is 5.00. The van der Waals surface area contributed by atoms with Crippen molar-refractivity contribution in [3.05, 3.63) is 81.4 Å². The molecule has 0 bridgehead atoms. The average molecular weight is 500 g/mol. The van der Waals surface area contributed by atoms with Gasteiger partial charge in [-0.2, -0.15) is 0 Å². The van der Waals surface area contributed by atoms with Crippen LogP contribution in [0.2, 0.25) is 0 Å². The van der Waals surface area contributed by atoms with Gasteiger partial charge in [-0.05, 0) is 84.0 Å². The van der Waals surface area contributed by atoms with Crippen LogP contribution in [0.5, 0.6) is 0 Å². The summed E-state index contributed by atoms with van der Waals surface area (Å²) < 4.78 is 7.72. The standard InChI is InChI=1S/C28H33N7O2/c1-19-15-21-17-24(28(36)29-25(21)16-20(19)2)26(27-30-31-32-35(27)18-23-9-6-14-37-23)34-12-10-33(11-13-34)22-7-4-3-5-8-22/h3-5,7-8,15-17,23,26H,6,9-14,18H2,1-2H3,(H,29,36)/t23-,26+/m1/s1. The van der Waals surface area contributed by atoms with E-state index < -0.39 is 0 Å². The Balaban J connectivity index is 1.38. The molecule has 192 valence electrons. The number of hydrogen-bond donors (Lipinski definition) is 1. The number of anilines is 1.